The third-order valence-corrected chi connectivity index (χ3v) is 4.59. The highest BCUT2D eigenvalue weighted by Crippen LogP contribution is 2.21. The van der Waals surface area contributed by atoms with Gasteiger partial charge in [-0.05, 0) is 43.2 Å². The predicted molar refractivity (Wildman–Crippen MR) is 113 cm³/mol. The molecule has 0 radical (unpaired) electrons. The largest absolute Gasteiger partial charge is 0.319 e. The molecule has 0 aliphatic heterocycles. The van der Waals surface area contributed by atoms with Gasteiger partial charge < -0.3 is 5.32 Å². The third kappa shape index (κ3) is 5.08. The maximum Gasteiger partial charge on any atom is 0.270 e. The molecule has 0 atom stereocenters. The number of hydrogen-bond donors (Lipinski definition) is 1. The number of nitro groups is 1. The van der Waals surface area contributed by atoms with Crippen molar-refractivity contribution < 1.29 is 9.72 Å². The van der Waals surface area contributed by atoms with Crippen LogP contribution in [0.3, 0.4) is 0 Å². The van der Waals surface area contributed by atoms with Gasteiger partial charge in [0.05, 0.1) is 28.5 Å². The van der Waals surface area contributed by atoms with Crippen molar-refractivity contribution in [2.75, 3.05) is 5.32 Å². The lowest BCUT2D eigenvalue weighted by molar-refractivity contribution is -0.384. The number of aromatic nitrogens is 2. The molecule has 8 heteroatoms. The molecule has 3 rings (SSSR count). The first-order valence-electron chi connectivity index (χ1n) is 8.85. The van der Waals surface area contributed by atoms with Gasteiger partial charge in [-0.2, -0.15) is 5.10 Å². The van der Waals surface area contributed by atoms with Gasteiger partial charge in [0.25, 0.3) is 5.69 Å². The number of non-ortho nitro benzene ring substituents is 1. The summed E-state index contributed by atoms with van der Waals surface area (Å²) in [7, 11) is 0. The van der Waals surface area contributed by atoms with Crippen LogP contribution in [-0.4, -0.2) is 20.6 Å². The van der Waals surface area contributed by atoms with Crippen LogP contribution in [0.5, 0.6) is 0 Å². The molecule has 2 aromatic carbocycles. The van der Waals surface area contributed by atoms with Crippen LogP contribution in [0.2, 0.25) is 5.02 Å². The molecule has 0 spiro atoms. The normalized spacial score (nSPS) is 11.0. The van der Waals surface area contributed by atoms with Gasteiger partial charge in [0, 0.05) is 23.2 Å². The van der Waals surface area contributed by atoms with Crippen molar-refractivity contribution in [3.63, 3.8) is 0 Å². The number of carbonyl (C=O) groups excluding carboxylic acids is 1. The minimum Gasteiger partial charge on any atom is -0.319 e. The fourth-order valence-corrected chi connectivity index (χ4v) is 3.13. The van der Waals surface area contributed by atoms with Crippen molar-refractivity contribution in [2.45, 2.75) is 20.4 Å². The van der Waals surface area contributed by atoms with Crippen LogP contribution in [0.1, 0.15) is 22.5 Å². The first kappa shape index (κ1) is 20.3. The smallest absolute Gasteiger partial charge is 0.270 e. The lowest BCUT2D eigenvalue weighted by Crippen LogP contribution is -2.10. The Morgan fingerprint density at radius 1 is 1.24 bits per heavy atom. The van der Waals surface area contributed by atoms with Gasteiger partial charge in [0.15, 0.2) is 0 Å². The topological polar surface area (TPSA) is 90.1 Å². The number of amides is 1. The summed E-state index contributed by atoms with van der Waals surface area (Å²) >= 11 is 6.04. The molecule has 0 aliphatic carbocycles. The molecule has 148 valence electrons. The van der Waals surface area contributed by atoms with Crippen LogP contribution < -0.4 is 5.32 Å². The average molecular weight is 411 g/mol. The zero-order valence-corrected chi connectivity index (χ0v) is 16.7. The Kier molecular flexibility index (Phi) is 6.09. The second-order valence-electron chi connectivity index (χ2n) is 6.51. The van der Waals surface area contributed by atoms with Crippen molar-refractivity contribution in [1.82, 2.24) is 9.78 Å². The van der Waals surface area contributed by atoms with Crippen molar-refractivity contribution >= 4 is 35.0 Å². The summed E-state index contributed by atoms with van der Waals surface area (Å²) in [4.78, 5) is 22.7. The minimum atomic E-state index is -0.474. The fourth-order valence-electron chi connectivity index (χ4n) is 2.92. The van der Waals surface area contributed by atoms with Gasteiger partial charge in [0.2, 0.25) is 5.91 Å². The lowest BCUT2D eigenvalue weighted by atomic mass is 10.2. The number of benzene rings is 2. The molecule has 0 fully saturated rings. The minimum absolute atomic E-state index is 0.0264. The van der Waals surface area contributed by atoms with E-state index in [0.717, 1.165) is 11.3 Å². The maximum absolute atomic E-state index is 12.3. The number of anilines is 1. The molecule has 1 amide bonds. The maximum atomic E-state index is 12.3. The van der Waals surface area contributed by atoms with Gasteiger partial charge in [0.1, 0.15) is 0 Å². The summed E-state index contributed by atoms with van der Waals surface area (Å²) in [6.07, 6.45) is 2.87. The van der Waals surface area contributed by atoms with Gasteiger partial charge in [-0.25, -0.2) is 0 Å². The van der Waals surface area contributed by atoms with E-state index in [4.69, 9.17) is 11.6 Å². The zero-order chi connectivity index (χ0) is 21.0. The number of rotatable bonds is 6. The molecule has 7 nitrogen and oxygen atoms in total. The highest BCUT2D eigenvalue weighted by molar-refractivity contribution is 6.30. The van der Waals surface area contributed by atoms with Crippen LogP contribution in [0.25, 0.3) is 6.08 Å². The van der Waals surface area contributed by atoms with E-state index >= 15 is 0 Å². The van der Waals surface area contributed by atoms with Crippen LogP contribution in [0.15, 0.2) is 54.6 Å². The van der Waals surface area contributed by atoms with E-state index in [-0.39, 0.29) is 11.6 Å². The second-order valence-corrected chi connectivity index (χ2v) is 6.94. The van der Waals surface area contributed by atoms with Crippen LogP contribution in [0.4, 0.5) is 11.4 Å². The van der Waals surface area contributed by atoms with E-state index in [1.807, 2.05) is 38.1 Å². The Labute approximate surface area is 172 Å². The van der Waals surface area contributed by atoms with Gasteiger partial charge >= 0.3 is 0 Å². The molecule has 0 saturated heterocycles. The zero-order valence-electron chi connectivity index (χ0n) is 15.9. The molecule has 0 unspecified atom stereocenters. The highest BCUT2D eigenvalue weighted by Gasteiger charge is 2.13. The molecule has 0 bridgehead atoms. The van der Waals surface area contributed by atoms with E-state index < -0.39 is 4.92 Å². The van der Waals surface area contributed by atoms with E-state index in [9.17, 15) is 14.9 Å². The third-order valence-electron chi connectivity index (χ3n) is 4.36. The highest BCUT2D eigenvalue weighted by atomic mass is 35.5. The quantitative estimate of drug-likeness (QED) is 0.360. The summed E-state index contributed by atoms with van der Waals surface area (Å²) in [6, 6.07) is 13.6. The molecule has 29 heavy (non-hydrogen) atoms. The van der Waals surface area contributed by atoms with Gasteiger partial charge in [-0.15, -0.1) is 0 Å². The summed E-state index contributed by atoms with van der Waals surface area (Å²) in [5.74, 6) is -0.343. The monoisotopic (exact) mass is 410 g/mol. The Morgan fingerprint density at radius 3 is 2.72 bits per heavy atom. The van der Waals surface area contributed by atoms with Crippen molar-refractivity contribution in [2.24, 2.45) is 0 Å². The summed E-state index contributed by atoms with van der Waals surface area (Å²) in [5, 5.41) is 18.8. The number of nitrogens with zero attached hydrogens (tertiary/aromatic N) is 3. The second kappa shape index (κ2) is 8.70. The lowest BCUT2D eigenvalue weighted by Gasteiger charge is -2.06. The summed E-state index contributed by atoms with van der Waals surface area (Å²) in [6.45, 7) is 4.23. The van der Waals surface area contributed by atoms with Gasteiger partial charge in [-0.1, -0.05) is 35.9 Å². The molecular formula is C21H19ClN4O3. The summed E-state index contributed by atoms with van der Waals surface area (Å²) < 4.78 is 1.81. The van der Waals surface area contributed by atoms with Crippen molar-refractivity contribution in [1.29, 1.82) is 0 Å². The molecule has 1 N–H and O–H groups in total. The summed E-state index contributed by atoms with van der Waals surface area (Å²) in [5.41, 5.74) is 3.70. The first-order valence-corrected chi connectivity index (χ1v) is 9.23. The Morgan fingerprint density at radius 2 is 2.00 bits per heavy atom. The molecule has 1 heterocycles. The number of hydrogen-bond acceptors (Lipinski definition) is 4. The predicted octanol–water partition coefficient (Wildman–Crippen LogP) is 4.76. The standard InChI is InChI=1S/C21H19ClN4O3/c1-14-21(15(2)25(24-14)13-17-6-3-7-18(22)11-17)23-20(27)10-9-16-5-4-8-19(12-16)26(28)29/h3-12H,13H2,1-2H3,(H,23,27)/b10-9+. The molecule has 0 saturated carbocycles. The number of carbonyl (C=O) groups is 1. The molecular weight excluding hydrogens is 392 g/mol. The molecule has 1 aromatic heterocycles. The van der Waals surface area contributed by atoms with E-state index in [1.165, 1.54) is 24.3 Å². The fraction of sp³-hybridized carbons (Fsp3) is 0.143. The Hall–Kier alpha value is -3.45. The van der Waals surface area contributed by atoms with E-state index in [0.29, 0.717) is 28.5 Å². The van der Waals surface area contributed by atoms with Crippen LogP contribution in [-0.2, 0) is 11.3 Å². The van der Waals surface area contributed by atoms with Gasteiger partial charge in [-0.3, -0.25) is 19.6 Å². The van der Waals surface area contributed by atoms with Crippen molar-refractivity contribution in [3.8, 4) is 0 Å². The van der Waals surface area contributed by atoms with E-state index in [1.54, 1.807) is 16.8 Å². The Bertz CT molecular complexity index is 1110. The van der Waals surface area contributed by atoms with Crippen LogP contribution >= 0.6 is 11.6 Å². The van der Waals surface area contributed by atoms with Crippen LogP contribution in [0, 0.1) is 24.0 Å². The first-order chi connectivity index (χ1) is 13.8. The molecule has 0 aliphatic rings. The number of aryl methyl sites for hydroxylation is 1. The Balaban J connectivity index is 1.73. The molecule has 3 aromatic rings. The number of halogens is 1. The van der Waals surface area contributed by atoms with E-state index in [2.05, 4.69) is 10.4 Å². The van der Waals surface area contributed by atoms with Crippen molar-refractivity contribution in [3.05, 3.63) is 92.3 Å². The SMILES string of the molecule is Cc1nn(Cc2cccc(Cl)c2)c(C)c1NC(=O)/C=C/c1cccc([N+](=O)[O-])c1. The number of nitrogens with one attached hydrogen (secondary N) is 1. The average Bonchev–Trinajstić information content (AvgIpc) is 2.94. The number of nitro benzene ring substituents is 1.